The number of aliphatic hydroxyl groups is 1. The molecule has 0 heterocycles. The van der Waals surface area contributed by atoms with Crippen LogP contribution in [0.25, 0.3) is 0 Å². The van der Waals surface area contributed by atoms with Crippen molar-refractivity contribution in [3.8, 4) is 0 Å². The van der Waals surface area contributed by atoms with Gasteiger partial charge >= 0.3 is 0 Å². The summed E-state index contributed by atoms with van der Waals surface area (Å²) in [5, 5.41) is 9.92. The second-order valence-electron chi connectivity index (χ2n) is 4.96. The van der Waals surface area contributed by atoms with Crippen LogP contribution in [0.15, 0.2) is 0 Å². The molecule has 3 heteroatoms. The molecular formula is C13H26O3. The average Bonchev–Trinajstić information content (AvgIpc) is 2.29. The Labute approximate surface area is 99.1 Å². The molecule has 16 heavy (non-hydrogen) atoms. The standard InChI is InChI=1S/C13H26O3/c1-11(2)16-9-8-15-10-13(14)12-6-4-3-5-7-12/h11-14H,3-10H2,1-2H3. The summed E-state index contributed by atoms with van der Waals surface area (Å²) >= 11 is 0. The Balaban J connectivity index is 1.98. The Morgan fingerprint density at radius 2 is 1.81 bits per heavy atom. The lowest BCUT2D eigenvalue weighted by molar-refractivity contribution is -0.0316. The Bertz CT molecular complexity index is 165. The van der Waals surface area contributed by atoms with Crippen LogP contribution in [0.5, 0.6) is 0 Å². The van der Waals surface area contributed by atoms with Gasteiger partial charge in [-0.3, -0.25) is 0 Å². The van der Waals surface area contributed by atoms with E-state index in [1.807, 2.05) is 13.8 Å². The number of ether oxygens (including phenoxy) is 2. The molecule has 0 saturated heterocycles. The van der Waals surface area contributed by atoms with Gasteiger partial charge in [0, 0.05) is 0 Å². The predicted molar refractivity (Wildman–Crippen MR) is 64.5 cm³/mol. The molecule has 0 radical (unpaired) electrons. The van der Waals surface area contributed by atoms with E-state index in [4.69, 9.17) is 9.47 Å². The zero-order valence-corrected chi connectivity index (χ0v) is 10.7. The van der Waals surface area contributed by atoms with Crippen LogP contribution in [0.3, 0.4) is 0 Å². The highest BCUT2D eigenvalue weighted by Gasteiger charge is 2.21. The van der Waals surface area contributed by atoms with Gasteiger partial charge in [0.05, 0.1) is 32.0 Å². The molecule has 0 aromatic carbocycles. The maximum absolute atomic E-state index is 9.92. The summed E-state index contributed by atoms with van der Waals surface area (Å²) in [5.41, 5.74) is 0. The van der Waals surface area contributed by atoms with Gasteiger partial charge in [0.2, 0.25) is 0 Å². The average molecular weight is 230 g/mol. The second-order valence-corrected chi connectivity index (χ2v) is 4.96. The molecule has 1 aliphatic rings. The van der Waals surface area contributed by atoms with Crippen LogP contribution in [-0.2, 0) is 9.47 Å². The zero-order valence-electron chi connectivity index (χ0n) is 10.7. The van der Waals surface area contributed by atoms with Gasteiger partial charge in [-0.1, -0.05) is 19.3 Å². The van der Waals surface area contributed by atoms with Crippen LogP contribution >= 0.6 is 0 Å². The van der Waals surface area contributed by atoms with E-state index in [9.17, 15) is 5.11 Å². The highest BCUT2D eigenvalue weighted by molar-refractivity contribution is 4.72. The molecule has 1 atom stereocenters. The molecule has 1 aliphatic carbocycles. The predicted octanol–water partition coefficient (Wildman–Crippen LogP) is 2.37. The zero-order chi connectivity index (χ0) is 11.8. The molecule has 0 aromatic rings. The van der Waals surface area contributed by atoms with Crippen LogP contribution in [0.4, 0.5) is 0 Å². The Hall–Kier alpha value is -0.120. The van der Waals surface area contributed by atoms with Gasteiger partial charge in [0.25, 0.3) is 0 Å². The highest BCUT2D eigenvalue weighted by atomic mass is 16.5. The SMILES string of the molecule is CC(C)OCCOCC(O)C1CCCCC1. The molecule has 3 nitrogen and oxygen atoms in total. The molecule has 1 N–H and O–H groups in total. The van der Waals surface area contributed by atoms with E-state index in [0.29, 0.717) is 25.7 Å². The van der Waals surface area contributed by atoms with Crippen molar-refractivity contribution in [2.75, 3.05) is 19.8 Å². The molecule has 0 spiro atoms. The smallest absolute Gasteiger partial charge is 0.0801 e. The minimum atomic E-state index is -0.278. The van der Waals surface area contributed by atoms with Crippen molar-refractivity contribution in [3.63, 3.8) is 0 Å². The van der Waals surface area contributed by atoms with Crippen LogP contribution in [0.1, 0.15) is 46.0 Å². The Morgan fingerprint density at radius 1 is 1.12 bits per heavy atom. The summed E-state index contributed by atoms with van der Waals surface area (Å²) in [5.74, 6) is 0.458. The van der Waals surface area contributed by atoms with Gasteiger partial charge in [-0.25, -0.2) is 0 Å². The van der Waals surface area contributed by atoms with Crippen molar-refractivity contribution < 1.29 is 14.6 Å². The largest absolute Gasteiger partial charge is 0.390 e. The first-order chi connectivity index (χ1) is 7.70. The summed E-state index contributed by atoms with van der Waals surface area (Å²) in [6.45, 7) is 5.69. The van der Waals surface area contributed by atoms with E-state index >= 15 is 0 Å². The number of hydrogen-bond donors (Lipinski definition) is 1. The minimum absolute atomic E-state index is 0.256. The quantitative estimate of drug-likeness (QED) is 0.682. The molecule has 0 aromatic heterocycles. The van der Waals surface area contributed by atoms with Gasteiger partial charge in [0.1, 0.15) is 0 Å². The third-order valence-corrected chi connectivity index (χ3v) is 3.16. The third kappa shape index (κ3) is 5.83. The van der Waals surface area contributed by atoms with Crippen molar-refractivity contribution in [2.24, 2.45) is 5.92 Å². The molecule has 0 amide bonds. The summed E-state index contributed by atoms with van der Waals surface area (Å²) in [7, 11) is 0. The number of aliphatic hydroxyl groups excluding tert-OH is 1. The van der Waals surface area contributed by atoms with E-state index in [1.54, 1.807) is 0 Å². The monoisotopic (exact) mass is 230 g/mol. The van der Waals surface area contributed by atoms with E-state index < -0.39 is 0 Å². The third-order valence-electron chi connectivity index (χ3n) is 3.16. The first kappa shape index (κ1) is 13.9. The molecule has 0 bridgehead atoms. The minimum Gasteiger partial charge on any atom is -0.390 e. The van der Waals surface area contributed by atoms with E-state index in [2.05, 4.69) is 0 Å². The summed E-state index contributed by atoms with van der Waals surface area (Å²) in [6.07, 6.45) is 6.15. The van der Waals surface area contributed by atoms with Crippen molar-refractivity contribution in [1.82, 2.24) is 0 Å². The maximum Gasteiger partial charge on any atom is 0.0801 e. The fourth-order valence-corrected chi connectivity index (χ4v) is 2.20. The fraction of sp³-hybridized carbons (Fsp3) is 1.00. The van der Waals surface area contributed by atoms with E-state index in [1.165, 1.54) is 19.3 Å². The molecule has 1 fully saturated rings. The van der Waals surface area contributed by atoms with Gasteiger partial charge in [0.15, 0.2) is 0 Å². The normalized spacial score (nSPS) is 20.2. The lowest BCUT2D eigenvalue weighted by Crippen LogP contribution is -2.28. The highest BCUT2D eigenvalue weighted by Crippen LogP contribution is 2.26. The Morgan fingerprint density at radius 3 is 2.44 bits per heavy atom. The van der Waals surface area contributed by atoms with Gasteiger partial charge in [-0.05, 0) is 32.6 Å². The topological polar surface area (TPSA) is 38.7 Å². The van der Waals surface area contributed by atoms with Crippen LogP contribution in [0, 0.1) is 5.92 Å². The lowest BCUT2D eigenvalue weighted by atomic mass is 9.85. The number of rotatable bonds is 7. The van der Waals surface area contributed by atoms with Crippen molar-refractivity contribution >= 4 is 0 Å². The first-order valence-electron chi connectivity index (χ1n) is 6.57. The molecule has 1 rings (SSSR count). The van der Waals surface area contributed by atoms with Crippen LogP contribution < -0.4 is 0 Å². The van der Waals surface area contributed by atoms with Crippen molar-refractivity contribution in [1.29, 1.82) is 0 Å². The van der Waals surface area contributed by atoms with Crippen LogP contribution in [-0.4, -0.2) is 37.1 Å². The molecule has 1 saturated carbocycles. The Kier molecular flexibility index (Phi) is 7.01. The molecule has 1 unspecified atom stereocenters. The summed E-state index contributed by atoms with van der Waals surface area (Å²) in [6, 6.07) is 0. The maximum atomic E-state index is 9.92. The molecule has 0 aliphatic heterocycles. The van der Waals surface area contributed by atoms with Gasteiger partial charge in [-0.2, -0.15) is 0 Å². The second kappa shape index (κ2) is 8.04. The molecular weight excluding hydrogens is 204 g/mol. The summed E-state index contributed by atoms with van der Waals surface area (Å²) < 4.78 is 10.8. The summed E-state index contributed by atoms with van der Waals surface area (Å²) in [4.78, 5) is 0. The molecule has 96 valence electrons. The fourth-order valence-electron chi connectivity index (χ4n) is 2.20. The van der Waals surface area contributed by atoms with Gasteiger partial charge < -0.3 is 14.6 Å². The van der Waals surface area contributed by atoms with Crippen molar-refractivity contribution in [2.45, 2.75) is 58.2 Å². The first-order valence-corrected chi connectivity index (χ1v) is 6.57. The van der Waals surface area contributed by atoms with Crippen LogP contribution in [0.2, 0.25) is 0 Å². The van der Waals surface area contributed by atoms with Crippen molar-refractivity contribution in [3.05, 3.63) is 0 Å². The van der Waals surface area contributed by atoms with Gasteiger partial charge in [-0.15, -0.1) is 0 Å². The van der Waals surface area contributed by atoms with E-state index in [0.717, 1.165) is 12.8 Å². The van der Waals surface area contributed by atoms with E-state index in [-0.39, 0.29) is 12.2 Å². The lowest BCUT2D eigenvalue weighted by Gasteiger charge is -2.26. The number of hydrogen-bond acceptors (Lipinski definition) is 3.